The molecule has 140 valence electrons. The van der Waals surface area contributed by atoms with E-state index in [1.54, 1.807) is 6.07 Å². The first-order chi connectivity index (χ1) is 12.3. The number of primary amides is 1. The van der Waals surface area contributed by atoms with E-state index in [2.05, 4.69) is 31.5 Å². The summed E-state index contributed by atoms with van der Waals surface area (Å²) >= 11 is 0. The Morgan fingerprint density at radius 2 is 2.08 bits per heavy atom. The Hall–Kier alpha value is -2.47. The number of nitrogens with two attached hydrogens (primary N) is 1. The number of aromatic nitrogens is 4. The number of halogens is 3. The lowest BCUT2D eigenvalue weighted by atomic mass is 9.79. The van der Waals surface area contributed by atoms with Crippen molar-refractivity contribution < 1.29 is 18.0 Å². The Bertz CT molecular complexity index is 837. The van der Waals surface area contributed by atoms with Crippen molar-refractivity contribution >= 4 is 17.4 Å². The van der Waals surface area contributed by atoms with Gasteiger partial charge in [0.05, 0.1) is 0 Å². The second kappa shape index (κ2) is 6.06. The highest BCUT2D eigenvalue weighted by molar-refractivity contribution is 5.80. The van der Waals surface area contributed by atoms with Crippen LogP contribution in [0.3, 0.4) is 0 Å². The maximum Gasteiger partial charge on any atom is 0.453 e. The average Bonchev–Trinajstić information content (AvgIpc) is 3.17. The van der Waals surface area contributed by atoms with Crippen LogP contribution in [0.5, 0.6) is 0 Å². The van der Waals surface area contributed by atoms with E-state index in [0.717, 1.165) is 12.8 Å². The van der Waals surface area contributed by atoms with Crippen LogP contribution in [0.15, 0.2) is 12.1 Å². The van der Waals surface area contributed by atoms with E-state index in [9.17, 15) is 18.0 Å². The van der Waals surface area contributed by atoms with Gasteiger partial charge < -0.3 is 11.1 Å². The van der Waals surface area contributed by atoms with Gasteiger partial charge in [-0.25, -0.2) is 5.43 Å². The molecule has 9 nitrogen and oxygen atoms in total. The third kappa shape index (κ3) is 2.94. The van der Waals surface area contributed by atoms with Crippen LogP contribution in [-0.2, 0) is 11.0 Å². The van der Waals surface area contributed by atoms with Crippen LogP contribution in [-0.4, -0.2) is 43.8 Å². The molecule has 26 heavy (non-hydrogen) atoms. The van der Waals surface area contributed by atoms with Crippen LogP contribution in [0, 0.1) is 5.92 Å². The van der Waals surface area contributed by atoms with E-state index < -0.39 is 23.9 Å². The zero-order valence-corrected chi connectivity index (χ0v) is 13.5. The van der Waals surface area contributed by atoms with Gasteiger partial charge in [0.25, 0.3) is 5.82 Å². The molecule has 2 aromatic heterocycles. The molecule has 0 radical (unpaired) electrons. The molecule has 4 atom stereocenters. The van der Waals surface area contributed by atoms with Crippen molar-refractivity contribution in [2.45, 2.75) is 43.6 Å². The topological polar surface area (TPSA) is 122 Å². The molecule has 2 fully saturated rings. The normalized spacial score (nSPS) is 28.9. The smallest absolute Gasteiger partial charge is 0.368 e. The Kier molecular flexibility index (Phi) is 3.95. The van der Waals surface area contributed by atoms with Gasteiger partial charge in [-0.1, -0.05) is 0 Å². The van der Waals surface area contributed by atoms with Gasteiger partial charge in [-0.2, -0.15) is 17.7 Å². The van der Waals surface area contributed by atoms with Gasteiger partial charge in [-0.05, 0) is 31.4 Å². The van der Waals surface area contributed by atoms with Crippen LogP contribution >= 0.6 is 0 Å². The standard InChI is InChI=1S/C14H17F3N8O/c15-14(16,17)13-23-21-10-4-3-9(24-25(10)13)19-6-1-2-8-7(5-6)11(12(18)26)22-20-8/h3-4,6-8,11,20,22H,1-2,5H2,(H2,18,26)(H,19,24). The molecular formula is C14H17F3N8O. The van der Waals surface area contributed by atoms with Crippen LogP contribution in [0.1, 0.15) is 25.1 Å². The van der Waals surface area contributed by atoms with Crippen molar-refractivity contribution in [1.29, 1.82) is 0 Å². The van der Waals surface area contributed by atoms with E-state index >= 15 is 0 Å². The Balaban J connectivity index is 1.53. The molecule has 1 aliphatic carbocycles. The summed E-state index contributed by atoms with van der Waals surface area (Å²) in [5, 5.41) is 13.8. The number of hydrazine groups is 1. The number of nitrogens with zero attached hydrogens (tertiary/aromatic N) is 4. The predicted octanol–water partition coefficient (Wildman–Crippen LogP) is 0.0540. The minimum atomic E-state index is -4.64. The monoisotopic (exact) mass is 370 g/mol. The number of carbonyl (C=O) groups is 1. The summed E-state index contributed by atoms with van der Waals surface area (Å²) in [6.07, 6.45) is -2.40. The summed E-state index contributed by atoms with van der Waals surface area (Å²) in [7, 11) is 0. The number of hydrogen-bond acceptors (Lipinski definition) is 7. The first-order valence-corrected chi connectivity index (χ1v) is 8.19. The van der Waals surface area contributed by atoms with E-state index in [0.29, 0.717) is 16.8 Å². The first kappa shape index (κ1) is 17.0. The molecule has 1 aliphatic heterocycles. The number of carbonyl (C=O) groups excluding carboxylic acids is 1. The fourth-order valence-corrected chi connectivity index (χ4v) is 3.72. The number of amides is 1. The zero-order valence-electron chi connectivity index (χ0n) is 13.5. The van der Waals surface area contributed by atoms with E-state index in [-0.39, 0.29) is 23.6 Å². The van der Waals surface area contributed by atoms with Crippen molar-refractivity contribution in [3.63, 3.8) is 0 Å². The molecule has 2 aromatic rings. The summed E-state index contributed by atoms with van der Waals surface area (Å²) in [5.41, 5.74) is 11.4. The Labute approximate surface area is 145 Å². The van der Waals surface area contributed by atoms with Gasteiger partial charge in [0.15, 0.2) is 5.65 Å². The number of nitrogens with one attached hydrogen (secondary N) is 3. The fourth-order valence-electron chi connectivity index (χ4n) is 3.72. The van der Waals surface area contributed by atoms with Crippen LogP contribution in [0.25, 0.3) is 5.65 Å². The summed E-state index contributed by atoms with van der Waals surface area (Å²) in [6.45, 7) is 0. The molecule has 2 aliphatic rings. The number of hydrogen-bond donors (Lipinski definition) is 4. The summed E-state index contributed by atoms with van der Waals surface area (Å²) in [5.74, 6) is -1.29. The second-order valence-corrected chi connectivity index (χ2v) is 6.60. The Morgan fingerprint density at radius 3 is 2.81 bits per heavy atom. The van der Waals surface area contributed by atoms with Gasteiger partial charge in [0, 0.05) is 18.0 Å². The minimum Gasteiger partial charge on any atom is -0.368 e. The third-order valence-electron chi connectivity index (χ3n) is 4.93. The highest BCUT2D eigenvalue weighted by atomic mass is 19.4. The maximum atomic E-state index is 13.0. The van der Waals surface area contributed by atoms with E-state index in [1.807, 2.05) is 0 Å². The first-order valence-electron chi connectivity index (χ1n) is 8.19. The van der Waals surface area contributed by atoms with Gasteiger partial charge >= 0.3 is 6.18 Å². The number of fused-ring (bicyclic) bond motifs is 2. The van der Waals surface area contributed by atoms with Crippen molar-refractivity contribution in [2.75, 3.05) is 5.32 Å². The molecule has 4 rings (SSSR count). The molecule has 3 heterocycles. The molecule has 0 spiro atoms. The predicted molar refractivity (Wildman–Crippen MR) is 83.6 cm³/mol. The third-order valence-corrected chi connectivity index (χ3v) is 4.93. The van der Waals surface area contributed by atoms with Gasteiger partial charge in [-0.3, -0.25) is 10.2 Å². The quantitative estimate of drug-likeness (QED) is 0.602. The summed E-state index contributed by atoms with van der Waals surface area (Å²) in [6, 6.07) is 2.64. The van der Waals surface area contributed by atoms with Gasteiger partial charge in [0.1, 0.15) is 11.9 Å². The number of rotatable bonds is 3. The molecular weight excluding hydrogens is 353 g/mol. The molecule has 0 aromatic carbocycles. The SMILES string of the molecule is NC(=O)C1NNC2CCC(Nc3ccc4nnc(C(F)(F)F)n4n3)CC21. The molecule has 1 amide bonds. The molecule has 5 N–H and O–H groups in total. The zero-order chi connectivity index (χ0) is 18.5. The van der Waals surface area contributed by atoms with Crippen molar-refractivity contribution in [1.82, 2.24) is 30.7 Å². The summed E-state index contributed by atoms with van der Waals surface area (Å²) in [4.78, 5) is 11.5. The lowest BCUT2D eigenvalue weighted by Crippen LogP contribution is -2.44. The van der Waals surface area contributed by atoms with Gasteiger partial charge in [-0.15, -0.1) is 15.3 Å². The minimum absolute atomic E-state index is 0.0168. The van der Waals surface area contributed by atoms with Crippen LogP contribution < -0.4 is 21.9 Å². The highest BCUT2D eigenvalue weighted by Gasteiger charge is 2.43. The molecule has 1 saturated carbocycles. The molecule has 1 saturated heterocycles. The summed E-state index contributed by atoms with van der Waals surface area (Å²) < 4.78 is 39.6. The van der Waals surface area contributed by atoms with Crippen LogP contribution in [0.4, 0.5) is 19.0 Å². The lowest BCUT2D eigenvalue weighted by Gasteiger charge is -2.33. The fraction of sp³-hybridized carbons (Fsp3) is 0.571. The highest BCUT2D eigenvalue weighted by Crippen LogP contribution is 2.32. The number of anilines is 1. The van der Waals surface area contributed by atoms with E-state index in [1.165, 1.54) is 6.07 Å². The van der Waals surface area contributed by atoms with Crippen LogP contribution in [0.2, 0.25) is 0 Å². The number of alkyl halides is 3. The Morgan fingerprint density at radius 1 is 1.27 bits per heavy atom. The van der Waals surface area contributed by atoms with Crippen molar-refractivity contribution in [3.05, 3.63) is 18.0 Å². The van der Waals surface area contributed by atoms with E-state index in [4.69, 9.17) is 5.73 Å². The average molecular weight is 370 g/mol. The maximum absolute atomic E-state index is 13.0. The lowest BCUT2D eigenvalue weighted by molar-refractivity contribution is -0.146. The molecule has 12 heteroatoms. The second-order valence-electron chi connectivity index (χ2n) is 6.60. The van der Waals surface area contributed by atoms with Crippen molar-refractivity contribution in [2.24, 2.45) is 11.7 Å². The molecule has 4 unspecified atom stereocenters. The largest absolute Gasteiger partial charge is 0.453 e. The molecule has 0 bridgehead atoms. The van der Waals surface area contributed by atoms with Crippen molar-refractivity contribution in [3.8, 4) is 0 Å². The van der Waals surface area contributed by atoms with Gasteiger partial charge in [0.2, 0.25) is 5.91 Å².